The van der Waals surface area contributed by atoms with E-state index in [9.17, 15) is 18.5 Å². The molecular formula is C18H22N2O6S. The molecule has 0 spiro atoms. The molecule has 0 aromatic heterocycles. The first-order chi connectivity index (χ1) is 12.5. The van der Waals surface area contributed by atoms with E-state index >= 15 is 0 Å². The number of rotatable bonds is 6. The molecule has 0 amide bonds. The van der Waals surface area contributed by atoms with Crippen molar-refractivity contribution in [2.75, 3.05) is 18.9 Å². The Bertz CT molecular complexity index is 964. The molecule has 2 rings (SSSR count). The van der Waals surface area contributed by atoms with Gasteiger partial charge in [-0.3, -0.25) is 14.8 Å². The molecule has 0 unspecified atom stereocenters. The molecule has 0 saturated carbocycles. The number of nitro benzene ring substituents is 1. The molecule has 0 saturated heterocycles. The molecule has 2 aromatic carbocycles. The highest BCUT2D eigenvalue weighted by atomic mass is 32.2. The normalized spacial score (nSPS) is 11.7. The summed E-state index contributed by atoms with van der Waals surface area (Å²) in [6.07, 6.45) is 0. The van der Waals surface area contributed by atoms with Gasteiger partial charge in [0.05, 0.1) is 24.8 Å². The summed E-state index contributed by atoms with van der Waals surface area (Å²) in [6, 6.07) is 8.59. The highest BCUT2D eigenvalue weighted by Crippen LogP contribution is 2.35. The smallest absolute Gasteiger partial charge is 0.271 e. The minimum Gasteiger partial charge on any atom is -0.495 e. The van der Waals surface area contributed by atoms with E-state index in [1.807, 2.05) is 26.8 Å². The van der Waals surface area contributed by atoms with Gasteiger partial charge in [-0.25, -0.2) is 8.42 Å². The van der Waals surface area contributed by atoms with Gasteiger partial charge >= 0.3 is 0 Å². The zero-order chi connectivity index (χ0) is 20.4. The summed E-state index contributed by atoms with van der Waals surface area (Å²) in [5.41, 5.74) is 0.562. The minimum atomic E-state index is -4.17. The summed E-state index contributed by atoms with van der Waals surface area (Å²) < 4.78 is 38.6. The quantitative estimate of drug-likeness (QED) is 0.591. The molecule has 0 fully saturated rings. The van der Waals surface area contributed by atoms with Crippen molar-refractivity contribution in [2.24, 2.45) is 0 Å². The van der Waals surface area contributed by atoms with Crippen molar-refractivity contribution in [3.05, 3.63) is 52.1 Å². The molecule has 0 aliphatic rings. The van der Waals surface area contributed by atoms with E-state index in [4.69, 9.17) is 9.47 Å². The van der Waals surface area contributed by atoms with Gasteiger partial charge in [-0.1, -0.05) is 26.8 Å². The average molecular weight is 394 g/mol. The van der Waals surface area contributed by atoms with Crippen LogP contribution in [0.4, 0.5) is 11.4 Å². The van der Waals surface area contributed by atoms with Crippen molar-refractivity contribution in [3.63, 3.8) is 0 Å². The lowest BCUT2D eigenvalue weighted by Gasteiger charge is -2.21. The number of benzene rings is 2. The van der Waals surface area contributed by atoms with Crippen LogP contribution in [0.3, 0.4) is 0 Å². The fraction of sp³-hybridized carbons (Fsp3) is 0.333. The standard InChI is InChI=1S/C18H22N2O6S/c1-18(2,3)12-6-8-15(25-4)14(10-12)19-27(23,24)17-11-13(20(21)22)7-9-16(17)26-5/h6-11,19H,1-5H3. The van der Waals surface area contributed by atoms with Gasteiger partial charge < -0.3 is 9.47 Å². The van der Waals surface area contributed by atoms with Gasteiger partial charge in [-0.05, 0) is 29.2 Å². The average Bonchev–Trinajstić information content (AvgIpc) is 2.59. The Morgan fingerprint density at radius 3 is 2.11 bits per heavy atom. The third-order valence-electron chi connectivity index (χ3n) is 3.96. The lowest BCUT2D eigenvalue weighted by Crippen LogP contribution is -2.17. The maximum atomic E-state index is 12.9. The van der Waals surface area contributed by atoms with E-state index in [1.165, 1.54) is 26.4 Å². The number of nitrogens with one attached hydrogen (secondary N) is 1. The molecule has 1 N–H and O–H groups in total. The van der Waals surface area contributed by atoms with Crippen LogP contribution in [0.5, 0.6) is 11.5 Å². The first-order valence-electron chi connectivity index (χ1n) is 8.03. The number of ether oxygens (including phenoxy) is 2. The summed E-state index contributed by atoms with van der Waals surface area (Å²) in [4.78, 5) is 10.0. The molecule has 8 nitrogen and oxygen atoms in total. The van der Waals surface area contributed by atoms with Crippen LogP contribution >= 0.6 is 0 Å². The molecular weight excluding hydrogens is 372 g/mol. The first-order valence-corrected chi connectivity index (χ1v) is 9.51. The predicted molar refractivity (Wildman–Crippen MR) is 102 cm³/mol. The number of nitro groups is 1. The van der Waals surface area contributed by atoms with Crippen LogP contribution in [-0.2, 0) is 15.4 Å². The van der Waals surface area contributed by atoms with Gasteiger partial charge in [0.2, 0.25) is 0 Å². The number of anilines is 1. The van der Waals surface area contributed by atoms with Crippen molar-refractivity contribution >= 4 is 21.4 Å². The Kier molecular flexibility index (Phi) is 5.65. The van der Waals surface area contributed by atoms with E-state index in [2.05, 4.69) is 4.72 Å². The van der Waals surface area contributed by atoms with Crippen LogP contribution in [0.15, 0.2) is 41.3 Å². The summed E-state index contributed by atoms with van der Waals surface area (Å²) in [6.45, 7) is 5.99. The molecule has 0 aliphatic carbocycles. The van der Waals surface area contributed by atoms with Crippen LogP contribution < -0.4 is 14.2 Å². The summed E-state index contributed by atoms with van der Waals surface area (Å²) in [7, 11) is -1.45. The largest absolute Gasteiger partial charge is 0.495 e. The van der Waals surface area contributed by atoms with Crippen molar-refractivity contribution in [1.82, 2.24) is 0 Å². The highest BCUT2D eigenvalue weighted by molar-refractivity contribution is 7.92. The van der Waals surface area contributed by atoms with E-state index in [0.29, 0.717) is 5.75 Å². The topological polar surface area (TPSA) is 108 Å². The number of hydrogen-bond donors (Lipinski definition) is 1. The van der Waals surface area contributed by atoms with E-state index in [1.54, 1.807) is 12.1 Å². The van der Waals surface area contributed by atoms with Crippen molar-refractivity contribution in [2.45, 2.75) is 31.1 Å². The molecule has 2 aromatic rings. The maximum Gasteiger partial charge on any atom is 0.271 e. The van der Waals surface area contributed by atoms with Gasteiger partial charge in [0, 0.05) is 12.1 Å². The predicted octanol–water partition coefficient (Wildman–Crippen LogP) is 3.71. The van der Waals surface area contributed by atoms with Gasteiger partial charge in [0.1, 0.15) is 16.4 Å². The second-order valence-electron chi connectivity index (χ2n) is 6.86. The number of hydrogen-bond acceptors (Lipinski definition) is 6. The van der Waals surface area contributed by atoms with Crippen LogP contribution in [0, 0.1) is 10.1 Å². The van der Waals surface area contributed by atoms with Gasteiger partial charge in [0.25, 0.3) is 15.7 Å². The van der Waals surface area contributed by atoms with Gasteiger partial charge in [0.15, 0.2) is 0 Å². The van der Waals surface area contributed by atoms with E-state index in [-0.39, 0.29) is 27.4 Å². The third kappa shape index (κ3) is 4.48. The second kappa shape index (κ2) is 7.43. The number of nitrogens with zero attached hydrogens (tertiary/aromatic N) is 1. The zero-order valence-corrected chi connectivity index (χ0v) is 16.6. The Morgan fingerprint density at radius 2 is 1.59 bits per heavy atom. The van der Waals surface area contributed by atoms with Crippen LogP contribution in [0.2, 0.25) is 0 Å². The first kappa shape index (κ1) is 20.5. The van der Waals surface area contributed by atoms with Crippen molar-refractivity contribution in [1.29, 1.82) is 0 Å². The molecule has 0 heterocycles. The fourth-order valence-electron chi connectivity index (χ4n) is 2.44. The SMILES string of the molecule is COc1ccc(C(C)(C)C)cc1NS(=O)(=O)c1cc([N+](=O)[O-])ccc1OC. The maximum absolute atomic E-state index is 12.9. The highest BCUT2D eigenvalue weighted by Gasteiger charge is 2.25. The Labute approximate surface area is 158 Å². The number of sulfonamides is 1. The molecule has 0 bridgehead atoms. The van der Waals surface area contributed by atoms with Crippen LogP contribution in [-0.4, -0.2) is 27.6 Å². The molecule has 0 radical (unpaired) electrons. The second-order valence-corrected chi connectivity index (χ2v) is 8.51. The Hall–Kier alpha value is -2.81. The third-order valence-corrected chi connectivity index (χ3v) is 5.34. The monoisotopic (exact) mass is 394 g/mol. The lowest BCUT2D eigenvalue weighted by molar-refractivity contribution is -0.385. The molecule has 27 heavy (non-hydrogen) atoms. The van der Waals surface area contributed by atoms with Crippen molar-refractivity contribution < 1.29 is 22.8 Å². The Morgan fingerprint density at radius 1 is 1.00 bits per heavy atom. The van der Waals surface area contributed by atoms with E-state index < -0.39 is 14.9 Å². The zero-order valence-electron chi connectivity index (χ0n) is 15.8. The summed E-state index contributed by atoms with van der Waals surface area (Å²) in [5.74, 6) is 0.329. The Balaban J connectivity index is 2.57. The van der Waals surface area contributed by atoms with Crippen LogP contribution in [0.25, 0.3) is 0 Å². The fourth-order valence-corrected chi connectivity index (χ4v) is 3.69. The number of methoxy groups -OCH3 is 2. The number of non-ortho nitro benzene ring substituents is 1. The summed E-state index contributed by atoms with van der Waals surface area (Å²) in [5, 5.41) is 11.0. The van der Waals surface area contributed by atoms with Crippen molar-refractivity contribution in [3.8, 4) is 11.5 Å². The molecule has 9 heteroatoms. The summed E-state index contributed by atoms with van der Waals surface area (Å²) >= 11 is 0. The lowest BCUT2D eigenvalue weighted by atomic mass is 9.87. The van der Waals surface area contributed by atoms with Gasteiger partial charge in [-0.2, -0.15) is 0 Å². The molecule has 0 atom stereocenters. The molecule has 146 valence electrons. The van der Waals surface area contributed by atoms with E-state index in [0.717, 1.165) is 11.6 Å². The van der Waals surface area contributed by atoms with Crippen LogP contribution in [0.1, 0.15) is 26.3 Å². The molecule has 0 aliphatic heterocycles. The van der Waals surface area contributed by atoms with Gasteiger partial charge in [-0.15, -0.1) is 0 Å². The minimum absolute atomic E-state index is 0.000886.